The Morgan fingerprint density at radius 3 is 2.86 bits per heavy atom. The second-order valence-corrected chi connectivity index (χ2v) is 6.19. The second-order valence-electron chi connectivity index (χ2n) is 4.99. The zero-order valence-electron chi connectivity index (χ0n) is 12.5. The van der Waals surface area contributed by atoms with Gasteiger partial charge in [-0.1, -0.05) is 5.16 Å². The number of hydrogen-bond acceptors (Lipinski definition) is 6. The molecule has 0 fully saturated rings. The molecule has 0 aromatic carbocycles. The Morgan fingerprint density at radius 1 is 1.41 bits per heavy atom. The summed E-state index contributed by atoms with van der Waals surface area (Å²) in [5.74, 6) is 1.25. The van der Waals surface area contributed by atoms with E-state index >= 15 is 0 Å². The third-order valence-corrected chi connectivity index (χ3v) is 4.14. The quantitative estimate of drug-likeness (QED) is 0.738. The molecule has 7 heteroatoms. The molecular formula is C15H15N3O3S. The van der Waals surface area contributed by atoms with Crippen molar-refractivity contribution < 1.29 is 13.7 Å². The maximum Gasteiger partial charge on any atom is 0.273 e. The van der Waals surface area contributed by atoms with Crippen molar-refractivity contribution in [2.45, 2.75) is 20.4 Å². The highest BCUT2D eigenvalue weighted by Gasteiger charge is 2.21. The summed E-state index contributed by atoms with van der Waals surface area (Å²) in [6.45, 7) is 4.08. The first-order valence-electron chi connectivity index (χ1n) is 6.73. The number of aryl methyl sites for hydroxylation is 2. The Hall–Kier alpha value is -2.41. The van der Waals surface area contributed by atoms with Crippen molar-refractivity contribution in [1.82, 2.24) is 15.0 Å². The summed E-state index contributed by atoms with van der Waals surface area (Å²) in [6.07, 6.45) is 1.59. The number of thiazole rings is 1. The number of hydrogen-bond donors (Lipinski definition) is 0. The van der Waals surface area contributed by atoms with E-state index in [-0.39, 0.29) is 5.91 Å². The zero-order valence-corrected chi connectivity index (χ0v) is 13.3. The van der Waals surface area contributed by atoms with Gasteiger partial charge in [0.05, 0.1) is 12.8 Å². The molecule has 22 heavy (non-hydrogen) atoms. The van der Waals surface area contributed by atoms with Crippen LogP contribution in [0.25, 0.3) is 10.8 Å². The molecule has 114 valence electrons. The summed E-state index contributed by atoms with van der Waals surface area (Å²) in [7, 11) is 1.72. The van der Waals surface area contributed by atoms with Crippen LogP contribution in [-0.2, 0) is 6.54 Å². The Bertz CT molecular complexity index is 789. The van der Waals surface area contributed by atoms with Crippen molar-refractivity contribution in [3.05, 3.63) is 46.5 Å². The lowest BCUT2D eigenvalue weighted by Crippen LogP contribution is -2.27. The molecule has 0 radical (unpaired) electrons. The fourth-order valence-corrected chi connectivity index (χ4v) is 2.96. The van der Waals surface area contributed by atoms with E-state index in [4.69, 9.17) is 8.94 Å². The number of amides is 1. The van der Waals surface area contributed by atoms with Crippen LogP contribution in [0.1, 0.15) is 26.8 Å². The smallest absolute Gasteiger partial charge is 0.273 e. The first-order chi connectivity index (χ1) is 10.5. The van der Waals surface area contributed by atoms with Crippen molar-refractivity contribution in [3.8, 4) is 10.8 Å². The van der Waals surface area contributed by atoms with Crippen LogP contribution >= 0.6 is 11.3 Å². The van der Waals surface area contributed by atoms with Gasteiger partial charge in [-0.3, -0.25) is 4.79 Å². The van der Waals surface area contributed by atoms with Gasteiger partial charge in [-0.15, -0.1) is 11.3 Å². The maximum atomic E-state index is 12.5. The predicted molar refractivity (Wildman–Crippen MR) is 81.6 cm³/mol. The van der Waals surface area contributed by atoms with Gasteiger partial charge in [-0.2, -0.15) is 0 Å². The highest BCUT2D eigenvalue weighted by Crippen LogP contribution is 2.28. The fraction of sp³-hybridized carbons (Fsp3) is 0.267. The van der Waals surface area contributed by atoms with Crippen LogP contribution in [0.2, 0.25) is 0 Å². The molecule has 1 amide bonds. The van der Waals surface area contributed by atoms with Crippen molar-refractivity contribution in [3.63, 3.8) is 0 Å². The molecule has 0 aliphatic rings. The largest absolute Gasteiger partial charge is 0.462 e. The summed E-state index contributed by atoms with van der Waals surface area (Å²) < 4.78 is 10.3. The molecule has 6 nitrogen and oxygen atoms in total. The molecular weight excluding hydrogens is 302 g/mol. The van der Waals surface area contributed by atoms with E-state index in [9.17, 15) is 4.79 Å². The topological polar surface area (TPSA) is 72.4 Å². The van der Waals surface area contributed by atoms with Crippen LogP contribution in [0.4, 0.5) is 0 Å². The Morgan fingerprint density at radius 2 is 2.23 bits per heavy atom. The first kappa shape index (κ1) is 14.5. The van der Waals surface area contributed by atoms with Gasteiger partial charge in [0.25, 0.3) is 5.91 Å². The number of aromatic nitrogens is 2. The predicted octanol–water partition coefficient (Wildman–Crippen LogP) is 3.28. The maximum absolute atomic E-state index is 12.5. The number of nitrogens with zero attached hydrogens (tertiary/aromatic N) is 3. The van der Waals surface area contributed by atoms with Gasteiger partial charge < -0.3 is 13.8 Å². The SMILES string of the molecule is Cc1cc(CN(C)C(=O)c2nc(-c3ccco3)sc2C)no1. The number of furan rings is 1. The van der Waals surface area contributed by atoms with Crippen LogP contribution in [0.15, 0.2) is 33.4 Å². The van der Waals surface area contributed by atoms with Gasteiger partial charge in [0, 0.05) is 18.0 Å². The lowest BCUT2D eigenvalue weighted by molar-refractivity contribution is 0.0776. The van der Waals surface area contributed by atoms with Crippen LogP contribution in [0.5, 0.6) is 0 Å². The summed E-state index contributed by atoms with van der Waals surface area (Å²) in [5.41, 5.74) is 1.16. The van der Waals surface area contributed by atoms with Gasteiger partial charge in [0.15, 0.2) is 10.8 Å². The molecule has 0 bridgehead atoms. The third-order valence-electron chi connectivity index (χ3n) is 3.15. The Balaban J connectivity index is 1.79. The summed E-state index contributed by atoms with van der Waals surface area (Å²) in [4.78, 5) is 19.4. The van der Waals surface area contributed by atoms with Gasteiger partial charge in [-0.25, -0.2) is 4.98 Å². The lowest BCUT2D eigenvalue weighted by atomic mass is 10.3. The minimum atomic E-state index is -0.146. The van der Waals surface area contributed by atoms with E-state index in [0.717, 1.165) is 10.6 Å². The number of carbonyl (C=O) groups is 1. The average Bonchev–Trinajstić information content (AvgIpc) is 3.19. The molecule has 0 spiro atoms. The minimum absolute atomic E-state index is 0.146. The summed E-state index contributed by atoms with van der Waals surface area (Å²) in [5, 5.41) is 4.60. The molecule has 0 saturated heterocycles. The van der Waals surface area contributed by atoms with E-state index in [2.05, 4.69) is 10.1 Å². The van der Waals surface area contributed by atoms with Crippen LogP contribution in [0, 0.1) is 13.8 Å². The van der Waals surface area contributed by atoms with Gasteiger partial charge in [-0.05, 0) is 26.0 Å². The van der Waals surface area contributed by atoms with Crippen molar-refractivity contribution in [1.29, 1.82) is 0 Å². The molecule has 0 N–H and O–H groups in total. The number of rotatable bonds is 4. The van der Waals surface area contributed by atoms with Crippen LogP contribution < -0.4 is 0 Å². The highest BCUT2D eigenvalue weighted by molar-refractivity contribution is 7.15. The minimum Gasteiger partial charge on any atom is -0.462 e. The highest BCUT2D eigenvalue weighted by atomic mass is 32.1. The van der Waals surface area contributed by atoms with E-state index in [1.165, 1.54) is 11.3 Å². The molecule has 0 unspecified atom stereocenters. The lowest BCUT2D eigenvalue weighted by Gasteiger charge is -2.14. The molecule has 0 aliphatic heterocycles. The van der Waals surface area contributed by atoms with E-state index in [1.807, 2.05) is 26.0 Å². The molecule has 0 saturated carbocycles. The Kier molecular flexibility index (Phi) is 3.81. The van der Waals surface area contributed by atoms with E-state index in [0.29, 0.717) is 28.7 Å². The zero-order chi connectivity index (χ0) is 15.7. The number of carbonyl (C=O) groups excluding carboxylic acids is 1. The molecule has 3 aromatic rings. The van der Waals surface area contributed by atoms with Gasteiger partial charge >= 0.3 is 0 Å². The van der Waals surface area contributed by atoms with Crippen molar-refractivity contribution in [2.75, 3.05) is 7.05 Å². The molecule has 0 aliphatic carbocycles. The van der Waals surface area contributed by atoms with Crippen molar-refractivity contribution in [2.24, 2.45) is 0 Å². The van der Waals surface area contributed by atoms with E-state index < -0.39 is 0 Å². The molecule has 0 atom stereocenters. The van der Waals surface area contributed by atoms with Gasteiger partial charge in [0.1, 0.15) is 17.1 Å². The first-order valence-corrected chi connectivity index (χ1v) is 7.55. The molecule has 3 heterocycles. The van der Waals surface area contributed by atoms with Crippen molar-refractivity contribution >= 4 is 17.2 Å². The second kappa shape index (κ2) is 5.76. The molecule has 3 rings (SSSR count). The average molecular weight is 317 g/mol. The third kappa shape index (κ3) is 2.80. The monoisotopic (exact) mass is 317 g/mol. The normalized spacial score (nSPS) is 10.9. The standard InChI is InChI=1S/C15H15N3O3S/c1-9-7-11(17-21-9)8-18(3)15(19)13-10(2)22-14(16-13)12-5-4-6-20-12/h4-7H,8H2,1-3H3. The Labute approximate surface area is 131 Å². The summed E-state index contributed by atoms with van der Waals surface area (Å²) in [6, 6.07) is 5.44. The fourth-order valence-electron chi connectivity index (χ4n) is 2.09. The van der Waals surface area contributed by atoms with Crippen LogP contribution in [0.3, 0.4) is 0 Å². The van der Waals surface area contributed by atoms with E-state index in [1.54, 1.807) is 24.3 Å². The summed E-state index contributed by atoms with van der Waals surface area (Å²) >= 11 is 1.44. The molecule has 3 aromatic heterocycles. The van der Waals surface area contributed by atoms with Crippen LogP contribution in [-0.4, -0.2) is 28.0 Å². The van der Waals surface area contributed by atoms with Gasteiger partial charge in [0.2, 0.25) is 0 Å².